The molecule has 1 rings (SSSR count). The van der Waals surface area contributed by atoms with E-state index in [1.54, 1.807) is 0 Å². The predicted molar refractivity (Wildman–Crippen MR) is 61.5 cm³/mol. The highest BCUT2D eigenvalue weighted by Crippen LogP contribution is 2.17. The molecule has 0 spiro atoms. The fourth-order valence-corrected chi connectivity index (χ4v) is 2.56. The Morgan fingerprint density at radius 3 is 2.77 bits per heavy atom. The summed E-state index contributed by atoms with van der Waals surface area (Å²) in [4.78, 5) is 11.5. The maximum Gasteiger partial charge on any atom is 0.233 e. The minimum Gasteiger partial charge on any atom is -0.352 e. The Morgan fingerprint density at radius 1 is 1.62 bits per heavy atom. The van der Waals surface area contributed by atoms with Gasteiger partial charge in [0.2, 0.25) is 5.91 Å². The van der Waals surface area contributed by atoms with E-state index in [1.165, 1.54) is 11.5 Å². The van der Waals surface area contributed by atoms with Crippen LogP contribution in [0.3, 0.4) is 0 Å². The third-order valence-electron chi connectivity index (χ3n) is 2.21. The van der Waals surface area contributed by atoms with Gasteiger partial charge in [0.25, 0.3) is 0 Å². The zero-order valence-electron chi connectivity index (χ0n) is 7.88. The van der Waals surface area contributed by atoms with E-state index in [0.29, 0.717) is 6.04 Å². The van der Waals surface area contributed by atoms with Crippen molar-refractivity contribution in [3.8, 4) is 0 Å². The van der Waals surface area contributed by atoms with E-state index in [2.05, 4.69) is 21.2 Å². The van der Waals surface area contributed by atoms with Crippen LogP contribution in [0.1, 0.15) is 26.2 Å². The first-order chi connectivity index (χ1) is 6.24. The number of carbonyl (C=O) groups is 1. The van der Waals surface area contributed by atoms with E-state index in [1.807, 2.05) is 18.7 Å². The summed E-state index contributed by atoms with van der Waals surface area (Å²) in [6.07, 6.45) is 3.10. The number of alkyl halides is 1. The Balaban J connectivity index is 2.26. The van der Waals surface area contributed by atoms with Crippen molar-refractivity contribution in [3.05, 3.63) is 0 Å². The summed E-state index contributed by atoms with van der Waals surface area (Å²) in [7, 11) is 0. The van der Waals surface area contributed by atoms with Crippen LogP contribution in [-0.4, -0.2) is 28.3 Å². The van der Waals surface area contributed by atoms with Crippen LogP contribution in [-0.2, 0) is 4.79 Å². The molecule has 1 N–H and O–H groups in total. The van der Waals surface area contributed by atoms with Gasteiger partial charge in [-0.15, -0.1) is 0 Å². The fourth-order valence-electron chi connectivity index (χ4n) is 1.32. The van der Waals surface area contributed by atoms with Gasteiger partial charge in [-0.25, -0.2) is 0 Å². The highest BCUT2D eigenvalue weighted by molar-refractivity contribution is 9.10. The first-order valence-corrected chi connectivity index (χ1v) is 6.83. The highest BCUT2D eigenvalue weighted by atomic mass is 79.9. The average Bonchev–Trinajstić information content (AvgIpc) is 2.18. The zero-order chi connectivity index (χ0) is 9.68. The van der Waals surface area contributed by atoms with E-state index < -0.39 is 0 Å². The minimum absolute atomic E-state index is 0.0120. The average molecular weight is 266 g/mol. The van der Waals surface area contributed by atoms with Gasteiger partial charge in [0, 0.05) is 6.04 Å². The maximum atomic E-state index is 11.5. The van der Waals surface area contributed by atoms with Gasteiger partial charge >= 0.3 is 0 Å². The van der Waals surface area contributed by atoms with E-state index in [0.717, 1.165) is 19.3 Å². The van der Waals surface area contributed by atoms with Gasteiger partial charge in [0.1, 0.15) is 0 Å². The summed E-state index contributed by atoms with van der Waals surface area (Å²) in [6.45, 7) is 2.01. The van der Waals surface area contributed by atoms with E-state index in [4.69, 9.17) is 0 Å². The molecule has 1 amide bonds. The number of thioether (sulfide) groups is 1. The van der Waals surface area contributed by atoms with E-state index in [9.17, 15) is 4.79 Å². The molecule has 0 aliphatic carbocycles. The van der Waals surface area contributed by atoms with Gasteiger partial charge in [-0.2, -0.15) is 11.8 Å². The molecule has 0 aromatic heterocycles. The number of halogens is 1. The van der Waals surface area contributed by atoms with E-state index in [-0.39, 0.29) is 10.7 Å². The summed E-state index contributed by atoms with van der Waals surface area (Å²) >= 11 is 5.33. The summed E-state index contributed by atoms with van der Waals surface area (Å²) in [6, 6.07) is 0.417. The molecule has 1 fully saturated rings. The second-order valence-electron chi connectivity index (χ2n) is 3.27. The second kappa shape index (κ2) is 5.91. The third kappa shape index (κ3) is 3.90. The molecule has 13 heavy (non-hydrogen) atoms. The van der Waals surface area contributed by atoms with Crippen molar-refractivity contribution in [3.63, 3.8) is 0 Å². The number of nitrogens with one attached hydrogen (secondary N) is 1. The van der Waals surface area contributed by atoms with Crippen molar-refractivity contribution in [2.45, 2.75) is 37.1 Å². The molecule has 1 saturated heterocycles. The lowest BCUT2D eigenvalue weighted by atomic mass is 10.1. The largest absolute Gasteiger partial charge is 0.352 e. The molecule has 2 nitrogen and oxygen atoms in total. The molecule has 1 heterocycles. The van der Waals surface area contributed by atoms with Crippen molar-refractivity contribution in [2.24, 2.45) is 0 Å². The van der Waals surface area contributed by atoms with Crippen molar-refractivity contribution in [1.29, 1.82) is 0 Å². The second-order valence-corrected chi connectivity index (χ2v) is 5.60. The third-order valence-corrected chi connectivity index (χ3v) is 4.32. The first-order valence-electron chi connectivity index (χ1n) is 4.76. The van der Waals surface area contributed by atoms with Crippen LogP contribution in [0.25, 0.3) is 0 Å². The Hall–Kier alpha value is 0.300. The molecule has 0 bridgehead atoms. The molecular formula is C9H16BrNOS. The molecule has 76 valence electrons. The zero-order valence-corrected chi connectivity index (χ0v) is 10.3. The standard InChI is InChI=1S/C9H16BrNOS/c1-2-8(10)9(12)11-7-3-5-13-6-4-7/h7-8H,2-6H2,1H3,(H,11,12). The van der Waals surface area contributed by atoms with Crippen LogP contribution in [0.15, 0.2) is 0 Å². The number of hydrogen-bond donors (Lipinski definition) is 1. The summed E-state index contributed by atoms with van der Waals surface area (Å²) < 4.78 is 0. The van der Waals surface area contributed by atoms with Crippen LogP contribution in [0, 0.1) is 0 Å². The van der Waals surface area contributed by atoms with Crippen LogP contribution in [0.4, 0.5) is 0 Å². The van der Waals surface area contributed by atoms with Gasteiger partial charge in [0.15, 0.2) is 0 Å². The normalized spacial score (nSPS) is 21.1. The summed E-state index contributed by atoms with van der Waals surface area (Å²) in [5.41, 5.74) is 0. The highest BCUT2D eigenvalue weighted by Gasteiger charge is 2.19. The van der Waals surface area contributed by atoms with E-state index >= 15 is 0 Å². The Morgan fingerprint density at radius 2 is 2.23 bits per heavy atom. The lowest BCUT2D eigenvalue weighted by Crippen LogP contribution is -2.41. The SMILES string of the molecule is CCC(Br)C(=O)NC1CCSCC1. The Bertz CT molecular complexity index is 171. The van der Waals surface area contributed by atoms with Crippen LogP contribution in [0.5, 0.6) is 0 Å². The lowest BCUT2D eigenvalue weighted by Gasteiger charge is -2.23. The van der Waals surface area contributed by atoms with Crippen LogP contribution in [0.2, 0.25) is 0 Å². The summed E-state index contributed by atoms with van der Waals surface area (Å²) in [5.74, 6) is 2.52. The minimum atomic E-state index is -0.0120. The van der Waals surface area contributed by atoms with Crippen molar-refractivity contribution in [1.82, 2.24) is 5.32 Å². The molecule has 1 unspecified atom stereocenters. The van der Waals surface area contributed by atoms with Crippen molar-refractivity contribution in [2.75, 3.05) is 11.5 Å². The van der Waals surface area contributed by atoms with Crippen molar-refractivity contribution >= 4 is 33.6 Å². The lowest BCUT2D eigenvalue weighted by molar-refractivity contribution is -0.121. The Kier molecular flexibility index (Phi) is 5.17. The number of amides is 1. The monoisotopic (exact) mass is 265 g/mol. The molecule has 4 heteroatoms. The number of rotatable bonds is 3. The van der Waals surface area contributed by atoms with Gasteiger partial charge in [-0.1, -0.05) is 22.9 Å². The number of hydrogen-bond acceptors (Lipinski definition) is 2. The molecular weight excluding hydrogens is 250 g/mol. The molecule has 1 aliphatic heterocycles. The number of carbonyl (C=O) groups excluding carboxylic acids is 1. The van der Waals surface area contributed by atoms with Crippen LogP contribution < -0.4 is 5.32 Å². The van der Waals surface area contributed by atoms with Gasteiger partial charge < -0.3 is 5.32 Å². The fraction of sp³-hybridized carbons (Fsp3) is 0.889. The van der Waals surface area contributed by atoms with Gasteiger partial charge in [-0.05, 0) is 30.8 Å². The maximum absolute atomic E-state index is 11.5. The molecule has 0 saturated carbocycles. The molecule has 0 radical (unpaired) electrons. The molecule has 0 aromatic carbocycles. The molecule has 1 atom stereocenters. The Labute approximate surface area is 92.4 Å². The van der Waals surface area contributed by atoms with Crippen molar-refractivity contribution < 1.29 is 4.79 Å². The molecule has 0 aromatic rings. The van der Waals surface area contributed by atoms with Crippen LogP contribution >= 0.6 is 27.7 Å². The quantitative estimate of drug-likeness (QED) is 0.793. The summed E-state index contributed by atoms with van der Waals surface area (Å²) in [5, 5.41) is 3.07. The predicted octanol–water partition coefficient (Wildman–Crippen LogP) is 2.17. The topological polar surface area (TPSA) is 29.1 Å². The molecule has 1 aliphatic rings. The first kappa shape index (κ1) is 11.4. The van der Waals surface area contributed by atoms with Gasteiger partial charge in [-0.3, -0.25) is 4.79 Å². The van der Waals surface area contributed by atoms with Gasteiger partial charge in [0.05, 0.1) is 4.83 Å². The smallest absolute Gasteiger partial charge is 0.233 e.